The molecule has 1 amide bonds. The van der Waals surface area contributed by atoms with Crippen molar-refractivity contribution in [3.8, 4) is 5.88 Å². The first kappa shape index (κ1) is 18.6. The summed E-state index contributed by atoms with van der Waals surface area (Å²) >= 11 is 1.48. The fraction of sp³-hybridized carbons (Fsp3) is 0.688. The summed E-state index contributed by atoms with van der Waals surface area (Å²) in [4.78, 5) is 25.0. The Balaban J connectivity index is 2.10. The molecule has 134 valence electrons. The number of anilines is 1. The van der Waals surface area contributed by atoms with Gasteiger partial charge in [0.15, 0.2) is 5.16 Å². The number of carbonyl (C=O) groups excluding carboxylic acids is 1. The van der Waals surface area contributed by atoms with Gasteiger partial charge in [0.2, 0.25) is 5.88 Å². The lowest BCUT2D eigenvalue weighted by molar-refractivity contribution is 0.0218. The van der Waals surface area contributed by atoms with Crippen LogP contribution in [0.5, 0.6) is 5.88 Å². The van der Waals surface area contributed by atoms with E-state index in [-0.39, 0.29) is 12.1 Å². The Labute approximate surface area is 147 Å². The predicted molar refractivity (Wildman–Crippen MR) is 95.0 cm³/mol. The number of rotatable bonds is 3. The van der Waals surface area contributed by atoms with Crippen molar-refractivity contribution in [1.29, 1.82) is 0 Å². The van der Waals surface area contributed by atoms with Gasteiger partial charge in [0.05, 0.1) is 7.11 Å². The lowest BCUT2D eigenvalue weighted by Gasteiger charge is -2.40. The summed E-state index contributed by atoms with van der Waals surface area (Å²) in [6.45, 7) is 9.58. The molecule has 1 aromatic heterocycles. The minimum Gasteiger partial charge on any atom is -0.481 e. The van der Waals surface area contributed by atoms with Crippen molar-refractivity contribution in [3.05, 3.63) is 6.07 Å². The number of hydrogen-bond donors (Lipinski definition) is 0. The molecule has 24 heavy (non-hydrogen) atoms. The van der Waals surface area contributed by atoms with Gasteiger partial charge >= 0.3 is 6.09 Å². The van der Waals surface area contributed by atoms with Crippen molar-refractivity contribution < 1.29 is 14.3 Å². The lowest BCUT2D eigenvalue weighted by Crippen LogP contribution is -2.54. The highest BCUT2D eigenvalue weighted by Gasteiger charge is 2.30. The molecule has 1 unspecified atom stereocenters. The Morgan fingerprint density at radius 1 is 1.33 bits per heavy atom. The van der Waals surface area contributed by atoms with E-state index in [4.69, 9.17) is 9.47 Å². The first-order valence-electron chi connectivity index (χ1n) is 7.95. The molecule has 0 aliphatic carbocycles. The largest absolute Gasteiger partial charge is 0.481 e. The third-order valence-corrected chi connectivity index (χ3v) is 4.18. The van der Waals surface area contributed by atoms with Crippen LogP contribution in [0.3, 0.4) is 0 Å². The fourth-order valence-corrected chi connectivity index (χ4v) is 2.89. The monoisotopic (exact) mass is 354 g/mol. The van der Waals surface area contributed by atoms with Crippen LogP contribution in [0, 0.1) is 0 Å². The summed E-state index contributed by atoms with van der Waals surface area (Å²) in [6, 6.07) is 1.96. The van der Waals surface area contributed by atoms with Crippen molar-refractivity contribution in [2.75, 3.05) is 37.9 Å². The van der Waals surface area contributed by atoms with Crippen LogP contribution in [0.2, 0.25) is 0 Å². The van der Waals surface area contributed by atoms with Crippen LogP contribution in [0.25, 0.3) is 0 Å². The van der Waals surface area contributed by atoms with E-state index in [0.29, 0.717) is 30.7 Å². The molecule has 7 nitrogen and oxygen atoms in total. The Kier molecular flexibility index (Phi) is 5.79. The molecular formula is C16H26N4O3S. The molecule has 1 saturated heterocycles. The van der Waals surface area contributed by atoms with E-state index in [1.54, 1.807) is 12.0 Å². The van der Waals surface area contributed by atoms with Gasteiger partial charge in [-0.05, 0) is 34.0 Å². The zero-order valence-corrected chi connectivity index (χ0v) is 16.0. The molecule has 0 N–H and O–H groups in total. The van der Waals surface area contributed by atoms with Crippen molar-refractivity contribution in [2.24, 2.45) is 0 Å². The molecular weight excluding hydrogens is 328 g/mol. The van der Waals surface area contributed by atoms with Gasteiger partial charge in [-0.1, -0.05) is 11.8 Å². The summed E-state index contributed by atoms with van der Waals surface area (Å²) in [6.07, 6.45) is 1.67. The van der Waals surface area contributed by atoms with Gasteiger partial charge in [0.25, 0.3) is 0 Å². The van der Waals surface area contributed by atoms with Crippen LogP contribution in [-0.4, -0.2) is 65.6 Å². The molecule has 8 heteroatoms. The minimum atomic E-state index is -0.481. The average molecular weight is 354 g/mol. The van der Waals surface area contributed by atoms with E-state index >= 15 is 0 Å². The number of aromatic nitrogens is 2. The third kappa shape index (κ3) is 4.66. The van der Waals surface area contributed by atoms with Crippen molar-refractivity contribution in [3.63, 3.8) is 0 Å². The number of amides is 1. The fourth-order valence-electron chi connectivity index (χ4n) is 2.53. The number of thioether (sulfide) groups is 1. The lowest BCUT2D eigenvalue weighted by atomic mass is 10.2. The van der Waals surface area contributed by atoms with E-state index in [2.05, 4.69) is 21.8 Å². The Hall–Kier alpha value is -1.70. The van der Waals surface area contributed by atoms with Crippen LogP contribution < -0.4 is 9.64 Å². The number of carbonyl (C=O) groups is 1. The molecule has 2 heterocycles. The Morgan fingerprint density at radius 2 is 2.04 bits per heavy atom. The molecule has 2 rings (SSSR count). The first-order chi connectivity index (χ1) is 11.2. The highest BCUT2D eigenvalue weighted by molar-refractivity contribution is 7.98. The van der Waals surface area contributed by atoms with Gasteiger partial charge in [-0.3, -0.25) is 0 Å². The number of methoxy groups -OCH3 is 1. The van der Waals surface area contributed by atoms with E-state index in [1.807, 2.05) is 33.1 Å². The van der Waals surface area contributed by atoms with Gasteiger partial charge in [-0.25, -0.2) is 9.78 Å². The SMILES string of the molecule is COc1cc(N2CCN(C(=O)OC(C)(C)C)CC2C)nc(SC)n1. The number of nitrogens with zero attached hydrogens (tertiary/aromatic N) is 4. The Morgan fingerprint density at radius 3 is 2.58 bits per heavy atom. The molecule has 1 aliphatic heterocycles. The highest BCUT2D eigenvalue weighted by Crippen LogP contribution is 2.25. The minimum absolute atomic E-state index is 0.126. The zero-order valence-electron chi connectivity index (χ0n) is 15.2. The van der Waals surface area contributed by atoms with E-state index in [1.165, 1.54) is 11.8 Å². The summed E-state index contributed by atoms with van der Waals surface area (Å²) < 4.78 is 10.7. The molecule has 1 atom stereocenters. The summed E-state index contributed by atoms with van der Waals surface area (Å²) in [5.74, 6) is 1.37. The molecule has 0 aromatic carbocycles. The van der Waals surface area contributed by atoms with E-state index in [0.717, 1.165) is 5.82 Å². The standard InChI is InChI=1S/C16H26N4O3S/c1-11-10-19(15(21)23-16(2,3)4)7-8-20(11)12-9-13(22-5)18-14(17-12)24-6/h9,11H,7-8,10H2,1-6H3. The van der Waals surface area contributed by atoms with Crippen molar-refractivity contribution >= 4 is 23.7 Å². The summed E-state index contributed by atoms with van der Waals surface area (Å²) in [7, 11) is 1.60. The van der Waals surface area contributed by atoms with Crippen LogP contribution in [0.15, 0.2) is 11.2 Å². The molecule has 0 radical (unpaired) electrons. The zero-order chi connectivity index (χ0) is 17.9. The normalized spacial score (nSPS) is 18.5. The van der Waals surface area contributed by atoms with Crippen LogP contribution in [-0.2, 0) is 4.74 Å². The first-order valence-corrected chi connectivity index (χ1v) is 9.17. The second kappa shape index (κ2) is 7.46. The smallest absolute Gasteiger partial charge is 0.410 e. The van der Waals surface area contributed by atoms with Crippen molar-refractivity contribution in [2.45, 2.75) is 44.5 Å². The molecule has 0 saturated carbocycles. The summed E-state index contributed by atoms with van der Waals surface area (Å²) in [5.41, 5.74) is -0.481. The molecule has 0 spiro atoms. The van der Waals surface area contributed by atoms with E-state index in [9.17, 15) is 4.79 Å². The van der Waals surface area contributed by atoms with Crippen LogP contribution in [0.1, 0.15) is 27.7 Å². The third-order valence-electron chi connectivity index (χ3n) is 3.63. The average Bonchev–Trinajstić information content (AvgIpc) is 2.52. The number of ether oxygens (including phenoxy) is 2. The van der Waals surface area contributed by atoms with Gasteiger partial charge < -0.3 is 19.3 Å². The van der Waals surface area contributed by atoms with Gasteiger partial charge in [0, 0.05) is 31.7 Å². The maximum absolute atomic E-state index is 12.2. The Bertz CT molecular complexity index is 569. The van der Waals surface area contributed by atoms with E-state index < -0.39 is 5.60 Å². The molecule has 1 aromatic rings. The molecule has 0 bridgehead atoms. The maximum Gasteiger partial charge on any atom is 0.410 e. The second-order valence-corrected chi connectivity index (χ2v) is 7.50. The van der Waals surface area contributed by atoms with Gasteiger partial charge in [-0.2, -0.15) is 4.98 Å². The maximum atomic E-state index is 12.2. The predicted octanol–water partition coefficient (Wildman–Crippen LogP) is 2.65. The number of hydrogen-bond acceptors (Lipinski definition) is 7. The topological polar surface area (TPSA) is 67.8 Å². The highest BCUT2D eigenvalue weighted by atomic mass is 32.2. The van der Waals surface area contributed by atoms with Crippen molar-refractivity contribution in [1.82, 2.24) is 14.9 Å². The second-order valence-electron chi connectivity index (χ2n) is 6.72. The van der Waals surface area contributed by atoms with Crippen LogP contribution >= 0.6 is 11.8 Å². The quantitative estimate of drug-likeness (QED) is 0.610. The summed E-state index contributed by atoms with van der Waals surface area (Å²) in [5, 5.41) is 0.672. The molecule has 1 aliphatic rings. The molecule has 1 fully saturated rings. The van der Waals surface area contributed by atoms with Gasteiger partial charge in [0.1, 0.15) is 11.4 Å². The van der Waals surface area contributed by atoms with Gasteiger partial charge in [-0.15, -0.1) is 0 Å². The number of piperazine rings is 1. The van der Waals surface area contributed by atoms with Crippen LogP contribution in [0.4, 0.5) is 10.6 Å².